The number of hydrogen-bond acceptors (Lipinski definition) is 2. The fourth-order valence-electron chi connectivity index (χ4n) is 2.08. The zero-order valence-electron chi connectivity index (χ0n) is 9.94. The standard InChI is InChI=1S/C13H18N2O2/c1-9-5-7-10(8-6-9)14-13(17)15-11-3-2-4-12(11)16/h5-8,11-12,16H,2-4H2,1H3,(H2,14,15,17)/t11-,12-/m1/s1. The molecule has 1 aromatic carbocycles. The molecule has 2 rings (SSSR count). The summed E-state index contributed by atoms with van der Waals surface area (Å²) in [6.45, 7) is 2.00. The molecule has 0 heterocycles. The van der Waals surface area contributed by atoms with Crippen LogP contribution in [0.15, 0.2) is 24.3 Å². The van der Waals surface area contributed by atoms with Gasteiger partial charge in [0.2, 0.25) is 0 Å². The van der Waals surface area contributed by atoms with E-state index in [1.54, 1.807) is 0 Å². The van der Waals surface area contributed by atoms with Crippen molar-refractivity contribution in [2.75, 3.05) is 5.32 Å². The third-order valence-electron chi connectivity index (χ3n) is 3.11. The van der Waals surface area contributed by atoms with Crippen molar-refractivity contribution in [2.24, 2.45) is 0 Å². The number of hydrogen-bond donors (Lipinski definition) is 3. The van der Waals surface area contributed by atoms with E-state index in [9.17, 15) is 9.90 Å². The van der Waals surface area contributed by atoms with Crippen molar-refractivity contribution < 1.29 is 9.90 Å². The Labute approximate surface area is 101 Å². The van der Waals surface area contributed by atoms with Gasteiger partial charge in [0.05, 0.1) is 12.1 Å². The Morgan fingerprint density at radius 3 is 2.59 bits per heavy atom. The van der Waals surface area contributed by atoms with Crippen LogP contribution >= 0.6 is 0 Å². The highest BCUT2D eigenvalue weighted by Crippen LogP contribution is 2.18. The fraction of sp³-hybridized carbons (Fsp3) is 0.462. The molecule has 2 atom stereocenters. The van der Waals surface area contributed by atoms with Crippen LogP contribution in [0.25, 0.3) is 0 Å². The van der Waals surface area contributed by atoms with E-state index in [1.807, 2.05) is 31.2 Å². The minimum absolute atomic E-state index is 0.111. The number of benzene rings is 1. The van der Waals surface area contributed by atoms with E-state index in [0.29, 0.717) is 0 Å². The van der Waals surface area contributed by atoms with Crippen LogP contribution in [0.1, 0.15) is 24.8 Å². The molecular formula is C13H18N2O2. The average molecular weight is 234 g/mol. The summed E-state index contributed by atoms with van der Waals surface area (Å²) in [7, 11) is 0. The SMILES string of the molecule is Cc1ccc(NC(=O)N[C@@H]2CCC[C@H]2O)cc1. The van der Waals surface area contributed by atoms with E-state index in [4.69, 9.17) is 0 Å². The second-order valence-corrected chi connectivity index (χ2v) is 4.57. The van der Waals surface area contributed by atoms with E-state index in [1.165, 1.54) is 0 Å². The second kappa shape index (κ2) is 5.19. The number of anilines is 1. The Morgan fingerprint density at radius 2 is 2.00 bits per heavy atom. The van der Waals surface area contributed by atoms with Crippen LogP contribution in [0.5, 0.6) is 0 Å². The summed E-state index contributed by atoms with van der Waals surface area (Å²) in [6.07, 6.45) is 2.19. The molecule has 1 saturated carbocycles. The number of carbonyl (C=O) groups excluding carboxylic acids is 1. The molecule has 1 aliphatic rings. The van der Waals surface area contributed by atoms with Gasteiger partial charge >= 0.3 is 6.03 Å². The first-order valence-electron chi connectivity index (χ1n) is 5.97. The molecule has 0 spiro atoms. The van der Waals surface area contributed by atoms with E-state index in [-0.39, 0.29) is 12.1 Å². The summed E-state index contributed by atoms with van der Waals surface area (Å²) in [5, 5.41) is 15.1. The molecule has 0 aliphatic heterocycles. The lowest BCUT2D eigenvalue weighted by Gasteiger charge is -2.16. The molecule has 0 unspecified atom stereocenters. The first-order chi connectivity index (χ1) is 8.15. The molecule has 1 aliphatic carbocycles. The fourth-order valence-corrected chi connectivity index (χ4v) is 2.08. The number of rotatable bonds is 2. The summed E-state index contributed by atoms with van der Waals surface area (Å²) >= 11 is 0. The molecule has 0 aromatic heterocycles. The maximum atomic E-state index is 11.7. The molecule has 3 N–H and O–H groups in total. The van der Waals surface area contributed by atoms with Crippen molar-refractivity contribution in [1.82, 2.24) is 5.32 Å². The average Bonchev–Trinajstić information content (AvgIpc) is 2.68. The lowest BCUT2D eigenvalue weighted by molar-refractivity contribution is 0.151. The van der Waals surface area contributed by atoms with Crippen LogP contribution < -0.4 is 10.6 Å². The molecule has 0 bridgehead atoms. The minimum Gasteiger partial charge on any atom is -0.391 e. The first-order valence-corrected chi connectivity index (χ1v) is 5.97. The molecule has 4 heteroatoms. The van der Waals surface area contributed by atoms with E-state index in [2.05, 4.69) is 10.6 Å². The van der Waals surface area contributed by atoms with Crippen molar-refractivity contribution in [2.45, 2.75) is 38.3 Å². The molecule has 92 valence electrons. The predicted octanol–water partition coefficient (Wildman–Crippen LogP) is 2.03. The number of aliphatic hydroxyl groups is 1. The van der Waals surface area contributed by atoms with Crippen LogP contribution in [0.2, 0.25) is 0 Å². The normalized spacial score (nSPS) is 23.4. The molecule has 17 heavy (non-hydrogen) atoms. The van der Waals surface area contributed by atoms with Gasteiger partial charge in [0, 0.05) is 5.69 Å². The Hall–Kier alpha value is -1.55. The van der Waals surface area contributed by atoms with Gasteiger partial charge in [-0.05, 0) is 38.3 Å². The van der Waals surface area contributed by atoms with Crippen LogP contribution in [0, 0.1) is 6.92 Å². The number of carbonyl (C=O) groups is 1. The smallest absolute Gasteiger partial charge is 0.319 e. The Kier molecular flexibility index (Phi) is 3.64. The van der Waals surface area contributed by atoms with E-state index in [0.717, 1.165) is 30.5 Å². The van der Waals surface area contributed by atoms with Gasteiger partial charge in [-0.25, -0.2) is 4.79 Å². The van der Waals surface area contributed by atoms with Gasteiger partial charge in [0.25, 0.3) is 0 Å². The van der Waals surface area contributed by atoms with Crippen molar-refractivity contribution in [1.29, 1.82) is 0 Å². The van der Waals surface area contributed by atoms with Gasteiger partial charge < -0.3 is 15.7 Å². The third kappa shape index (κ3) is 3.20. The molecule has 1 fully saturated rings. The number of amides is 2. The summed E-state index contributed by atoms with van der Waals surface area (Å²) < 4.78 is 0. The number of aliphatic hydroxyl groups excluding tert-OH is 1. The van der Waals surface area contributed by atoms with Crippen molar-refractivity contribution in [3.8, 4) is 0 Å². The maximum absolute atomic E-state index is 11.7. The molecular weight excluding hydrogens is 216 g/mol. The van der Waals surface area contributed by atoms with Gasteiger partial charge in [-0.2, -0.15) is 0 Å². The molecule has 4 nitrogen and oxygen atoms in total. The Morgan fingerprint density at radius 1 is 1.29 bits per heavy atom. The highest BCUT2D eigenvalue weighted by atomic mass is 16.3. The summed E-state index contributed by atoms with van der Waals surface area (Å²) in [6, 6.07) is 7.25. The Bertz CT molecular complexity index is 389. The van der Waals surface area contributed by atoms with E-state index >= 15 is 0 Å². The number of urea groups is 1. The van der Waals surface area contributed by atoms with Crippen LogP contribution in [-0.2, 0) is 0 Å². The quantitative estimate of drug-likeness (QED) is 0.733. The highest BCUT2D eigenvalue weighted by Gasteiger charge is 2.26. The zero-order valence-corrected chi connectivity index (χ0v) is 9.94. The van der Waals surface area contributed by atoms with Crippen molar-refractivity contribution in [3.05, 3.63) is 29.8 Å². The molecule has 2 amide bonds. The van der Waals surface area contributed by atoms with Gasteiger partial charge in [0.15, 0.2) is 0 Å². The lowest BCUT2D eigenvalue weighted by atomic mass is 10.2. The van der Waals surface area contributed by atoms with Crippen LogP contribution in [0.3, 0.4) is 0 Å². The first kappa shape index (κ1) is 11.9. The van der Waals surface area contributed by atoms with Gasteiger partial charge in [-0.3, -0.25) is 0 Å². The van der Waals surface area contributed by atoms with Gasteiger partial charge in [0.1, 0.15) is 0 Å². The predicted molar refractivity (Wildman–Crippen MR) is 67.0 cm³/mol. The summed E-state index contributed by atoms with van der Waals surface area (Å²) in [5.74, 6) is 0. The number of nitrogens with one attached hydrogen (secondary N) is 2. The highest BCUT2D eigenvalue weighted by molar-refractivity contribution is 5.89. The van der Waals surface area contributed by atoms with Crippen molar-refractivity contribution >= 4 is 11.7 Å². The number of aryl methyl sites for hydroxylation is 1. The zero-order chi connectivity index (χ0) is 12.3. The third-order valence-corrected chi connectivity index (χ3v) is 3.11. The van der Waals surface area contributed by atoms with Crippen LogP contribution in [0.4, 0.5) is 10.5 Å². The minimum atomic E-state index is -0.404. The van der Waals surface area contributed by atoms with Crippen molar-refractivity contribution in [3.63, 3.8) is 0 Å². The second-order valence-electron chi connectivity index (χ2n) is 4.57. The summed E-state index contributed by atoms with van der Waals surface area (Å²) in [4.78, 5) is 11.7. The summed E-state index contributed by atoms with van der Waals surface area (Å²) in [5.41, 5.74) is 1.92. The maximum Gasteiger partial charge on any atom is 0.319 e. The monoisotopic (exact) mass is 234 g/mol. The molecule has 0 radical (unpaired) electrons. The lowest BCUT2D eigenvalue weighted by Crippen LogP contribution is -2.42. The largest absolute Gasteiger partial charge is 0.391 e. The van der Waals surface area contributed by atoms with Crippen LogP contribution in [-0.4, -0.2) is 23.3 Å². The van der Waals surface area contributed by atoms with E-state index < -0.39 is 6.10 Å². The van der Waals surface area contributed by atoms with Gasteiger partial charge in [-0.15, -0.1) is 0 Å². The molecule has 1 aromatic rings. The topological polar surface area (TPSA) is 61.4 Å². The van der Waals surface area contributed by atoms with Gasteiger partial charge in [-0.1, -0.05) is 17.7 Å². The Balaban J connectivity index is 1.86. The molecule has 0 saturated heterocycles.